The topological polar surface area (TPSA) is 54.4 Å². The van der Waals surface area contributed by atoms with Crippen LogP contribution in [0.5, 0.6) is 0 Å². The van der Waals surface area contributed by atoms with Crippen LogP contribution in [0, 0.1) is 5.92 Å². The Balaban J connectivity index is 3.71. The fourth-order valence-corrected chi connectivity index (χ4v) is 0.840. The van der Waals surface area contributed by atoms with E-state index in [1.807, 2.05) is 0 Å². The summed E-state index contributed by atoms with van der Waals surface area (Å²) in [7, 11) is 0. The van der Waals surface area contributed by atoms with Gasteiger partial charge in [-0.3, -0.25) is 4.79 Å². The molecule has 0 fully saturated rings. The van der Waals surface area contributed by atoms with Gasteiger partial charge in [-0.25, -0.2) is 0 Å². The van der Waals surface area contributed by atoms with Crippen LogP contribution in [0.25, 0.3) is 0 Å². The maximum absolute atomic E-state index is 10.1. The monoisotopic (exact) mass is 208 g/mol. The van der Waals surface area contributed by atoms with Gasteiger partial charge in [-0.05, 0) is 0 Å². The van der Waals surface area contributed by atoms with E-state index in [2.05, 4.69) is 15.9 Å². The predicted molar refractivity (Wildman–Crippen MR) is 40.2 cm³/mol. The summed E-state index contributed by atoms with van der Waals surface area (Å²) in [6.07, 6.45) is 0.724. The van der Waals surface area contributed by atoms with Crippen molar-refractivity contribution in [3.05, 3.63) is 0 Å². The van der Waals surface area contributed by atoms with Crippen LogP contribution in [-0.2, 0) is 9.59 Å². The van der Waals surface area contributed by atoms with Gasteiger partial charge in [0.25, 0.3) is 0 Å². The molecule has 2 atom stereocenters. The molecule has 0 saturated heterocycles. The zero-order valence-electron chi connectivity index (χ0n) is 5.58. The first-order valence-electron chi connectivity index (χ1n) is 2.89. The number of aldehydes is 1. The van der Waals surface area contributed by atoms with Gasteiger partial charge in [0, 0.05) is 10.7 Å². The number of halogens is 1. The summed E-state index contributed by atoms with van der Waals surface area (Å²) in [4.78, 5) is 19.9. The second-order valence-electron chi connectivity index (χ2n) is 2.11. The Morgan fingerprint density at radius 3 is 2.60 bits per heavy atom. The van der Waals surface area contributed by atoms with Crippen molar-refractivity contribution in [2.24, 2.45) is 5.92 Å². The maximum Gasteiger partial charge on any atom is 0.304 e. The van der Waals surface area contributed by atoms with Gasteiger partial charge in [-0.2, -0.15) is 0 Å². The van der Waals surface area contributed by atoms with Gasteiger partial charge in [-0.15, -0.1) is 0 Å². The molecular weight excluding hydrogens is 200 g/mol. The molecule has 0 aromatic rings. The maximum atomic E-state index is 10.1. The largest absolute Gasteiger partial charge is 0.481 e. The lowest BCUT2D eigenvalue weighted by Gasteiger charge is -2.07. The van der Waals surface area contributed by atoms with Crippen molar-refractivity contribution in [3.63, 3.8) is 0 Å². The highest BCUT2D eigenvalue weighted by atomic mass is 79.9. The number of rotatable bonds is 4. The van der Waals surface area contributed by atoms with Crippen molar-refractivity contribution in [1.82, 2.24) is 0 Å². The van der Waals surface area contributed by atoms with Crippen LogP contribution >= 0.6 is 15.9 Å². The lowest BCUT2D eigenvalue weighted by molar-refractivity contribution is -0.137. The summed E-state index contributed by atoms with van der Waals surface area (Å²) < 4.78 is 0. The molecule has 0 aromatic carbocycles. The van der Waals surface area contributed by atoms with Crippen molar-refractivity contribution in [1.29, 1.82) is 0 Å². The molecule has 1 N–H and O–H groups in total. The molecule has 0 bridgehead atoms. The molecule has 0 saturated carbocycles. The van der Waals surface area contributed by atoms with Crippen molar-refractivity contribution in [2.45, 2.75) is 18.2 Å². The quantitative estimate of drug-likeness (QED) is 0.556. The van der Waals surface area contributed by atoms with Crippen LogP contribution in [0.15, 0.2) is 0 Å². The smallest absolute Gasteiger partial charge is 0.304 e. The van der Waals surface area contributed by atoms with Crippen LogP contribution < -0.4 is 0 Å². The molecule has 2 unspecified atom stereocenters. The summed E-state index contributed by atoms with van der Waals surface area (Å²) >= 11 is 3.09. The second kappa shape index (κ2) is 4.44. The number of alkyl halides is 1. The summed E-state index contributed by atoms with van der Waals surface area (Å²) in [6, 6.07) is 0. The van der Waals surface area contributed by atoms with E-state index in [0.29, 0.717) is 0 Å². The molecule has 58 valence electrons. The predicted octanol–water partition coefficient (Wildman–Crippen LogP) is 1.06. The standard InChI is InChI=1S/C6H9BrO3/c1-4(3-8)5(7)2-6(9)10/h3-5H,2H2,1H3,(H,9,10). The summed E-state index contributed by atoms with van der Waals surface area (Å²) in [6.45, 7) is 1.68. The normalized spacial score (nSPS) is 15.8. The lowest BCUT2D eigenvalue weighted by atomic mass is 10.1. The van der Waals surface area contributed by atoms with Gasteiger partial charge >= 0.3 is 5.97 Å². The third kappa shape index (κ3) is 3.61. The van der Waals surface area contributed by atoms with Gasteiger partial charge in [0.05, 0.1) is 6.42 Å². The zero-order chi connectivity index (χ0) is 8.15. The average Bonchev–Trinajstić information content (AvgIpc) is 1.85. The number of carbonyl (C=O) groups excluding carboxylic acids is 1. The highest BCUT2D eigenvalue weighted by molar-refractivity contribution is 9.09. The second-order valence-corrected chi connectivity index (χ2v) is 3.29. The number of carbonyl (C=O) groups is 2. The van der Waals surface area contributed by atoms with E-state index in [1.54, 1.807) is 6.92 Å². The van der Waals surface area contributed by atoms with E-state index in [-0.39, 0.29) is 17.2 Å². The van der Waals surface area contributed by atoms with Crippen LogP contribution in [0.1, 0.15) is 13.3 Å². The summed E-state index contributed by atoms with van der Waals surface area (Å²) in [5.74, 6) is -1.13. The van der Waals surface area contributed by atoms with Crippen LogP contribution in [0.4, 0.5) is 0 Å². The van der Waals surface area contributed by atoms with E-state index in [4.69, 9.17) is 5.11 Å². The first-order chi connectivity index (χ1) is 4.57. The zero-order valence-corrected chi connectivity index (χ0v) is 7.17. The molecule has 0 radical (unpaired) electrons. The van der Waals surface area contributed by atoms with Gasteiger partial charge in [0.2, 0.25) is 0 Å². The Morgan fingerprint density at radius 2 is 2.30 bits per heavy atom. The van der Waals surface area contributed by atoms with Crippen molar-refractivity contribution in [3.8, 4) is 0 Å². The number of carboxylic acid groups (broad SMARTS) is 1. The highest BCUT2D eigenvalue weighted by Gasteiger charge is 2.15. The van der Waals surface area contributed by atoms with Crippen molar-refractivity contribution in [2.75, 3.05) is 0 Å². The van der Waals surface area contributed by atoms with Gasteiger partial charge in [0.15, 0.2) is 0 Å². The van der Waals surface area contributed by atoms with Gasteiger partial charge < -0.3 is 9.90 Å². The molecule has 0 aliphatic rings. The third-order valence-corrected chi connectivity index (χ3v) is 2.31. The minimum Gasteiger partial charge on any atom is -0.481 e. The summed E-state index contributed by atoms with van der Waals surface area (Å²) in [5.41, 5.74) is 0. The fourth-order valence-electron chi connectivity index (χ4n) is 0.438. The molecule has 4 heteroatoms. The van der Waals surface area contributed by atoms with E-state index in [1.165, 1.54) is 0 Å². The Morgan fingerprint density at radius 1 is 1.80 bits per heavy atom. The molecule has 10 heavy (non-hydrogen) atoms. The Bertz CT molecular complexity index is 135. The molecular formula is C6H9BrO3. The molecule has 0 amide bonds. The van der Waals surface area contributed by atoms with E-state index in [0.717, 1.165) is 6.29 Å². The number of aliphatic carboxylic acids is 1. The SMILES string of the molecule is CC(C=O)C(Br)CC(=O)O. The summed E-state index contributed by atoms with van der Waals surface area (Å²) in [5, 5.41) is 8.28. The minimum absolute atomic E-state index is 0.0140. The molecule has 0 heterocycles. The van der Waals surface area contributed by atoms with E-state index >= 15 is 0 Å². The number of hydrogen-bond donors (Lipinski definition) is 1. The number of hydrogen-bond acceptors (Lipinski definition) is 2. The van der Waals surface area contributed by atoms with Crippen LogP contribution in [-0.4, -0.2) is 22.2 Å². The van der Waals surface area contributed by atoms with Crippen LogP contribution in [0.3, 0.4) is 0 Å². The Labute approximate surface area is 67.5 Å². The molecule has 0 spiro atoms. The Hall–Kier alpha value is -0.380. The first-order valence-corrected chi connectivity index (χ1v) is 3.80. The fraction of sp³-hybridized carbons (Fsp3) is 0.667. The van der Waals surface area contributed by atoms with E-state index in [9.17, 15) is 9.59 Å². The number of carboxylic acids is 1. The molecule has 0 aliphatic carbocycles. The minimum atomic E-state index is -0.893. The van der Waals surface area contributed by atoms with Gasteiger partial charge in [-0.1, -0.05) is 22.9 Å². The molecule has 0 rings (SSSR count). The molecule has 3 nitrogen and oxygen atoms in total. The molecule has 0 aromatic heterocycles. The first kappa shape index (κ1) is 9.62. The Kier molecular flexibility index (Phi) is 4.27. The van der Waals surface area contributed by atoms with Crippen molar-refractivity contribution < 1.29 is 14.7 Å². The van der Waals surface area contributed by atoms with E-state index < -0.39 is 5.97 Å². The van der Waals surface area contributed by atoms with Crippen LogP contribution in [0.2, 0.25) is 0 Å². The van der Waals surface area contributed by atoms with Gasteiger partial charge in [0.1, 0.15) is 6.29 Å². The van der Waals surface area contributed by atoms with Crippen molar-refractivity contribution >= 4 is 28.2 Å². The lowest BCUT2D eigenvalue weighted by Crippen LogP contribution is -2.16. The molecule has 0 aliphatic heterocycles. The average molecular weight is 209 g/mol. The highest BCUT2D eigenvalue weighted by Crippen LogP contribution is 2.13. The third-order valence-electron chi connectivity index (χ3n) is 1.15.